The average Bonchev–Trinajstić information content (AvgIpc) is 2.34. The van der Waals surface area contributed by atoms with Gasteiger partial charge in [0.15, 0.2) is 0 Å². The number of nitrogens with one attached hydrogen (secondary N) is 1. The fourth-order valence-corrected chi connectivity index (χ4v) is 1.30. The number of carboxylic acids is 1. The van der Waals surface area contributed by atoms with E-state index in [9.17, 15) is 9.59 Å². The number of hydrogen-bond donors (Lipinski definition) is 2. The van der Waals surface area contributed by atoms with E-state index >= 15 is 0 Å². The Morgan fingerprint density at radius 2 is 1.94 bits per heavy atom. The van der Waals surface area contributed by atoms with Crippen LogP contribution < -0.4 is 5.32 Å². The van der Waals surface area contributed by atoms with Crippen molar-refractivity contribution in [1.82, 2.24) is 0 Å². The largest absolute Gasteiger partial charge is 0.481 e. The van der Waals surface area contributed by atoms with E-state index in [2.05, 4.69) is 10.1 Å². The number of methoxy groups -OCH3 is 1. The van der Waals surface area contributed by atoms with Gasteiger partial charge in [-0.3, -0.25) is 10.1 Å². The molecule has 100 valence electrons. The Morgan fingerprint density at radius 1 is 1.33 bits per heavy atom. The van der Waals surface area contributed by atoms with Gasteiger partial charge in [-0.05, 0) is 30.2 Å². The number of carbonyl (C=O) groups excluding carboxylic acids is 1. The molecule has 0 aromatic heterocycles. The van der Waals surface area contributed by atoms with Crippen LogP contribution in [0, 0.1) is 6.92 Å². The number of anilines is 1. The van der Waals surface area contributed by atoms with Crippen LogP contribution in [0.3, 0.4) is 0 Å². The van der Waals surface area contributed by atoms with Crippen molar-refractivity contribution in [2.75, 3.05) is 12.4 Å². The Morgan fingerprint density at radius 3 is 2.39 bits per heavy atom. The van der Waals surface area contributed by atoms with E-state index in [4.69, 9.17) is 5.11 Å². The maximum Gasteiger partial charge on any atom is 0.411 e. The quantitative estimate of drug-likeness (QED) is 0.868. The Balaban J connectivity index is 0.00000137. The molecule has 0 radical (unpaired) electrons. The minimum absolute atomic E-state index is 0.0235. The molecule has 5 nitrogen and oxygen atoms in total. The SMILES string of the molecule is CC.COC(=O)Nc1ccc(CC(=O)O)c(C)c1. The van der Waals surface area contributed by atoms with Crippen LogP contribution >= 0.6 is 0 Å². The van der Waals surface area contributed by atoms with Gasteiger partial charge in [-0.1, -0.05) is 19.9 Å². The molecule has 1 aromatic carbocycles. The van der Waals surface area contributed by atoms with Crippen LogP contribution in [0.5, 0.6) is 0 Å². The topological polar surface area (TPSA) is 75.6 Å². The van der Waals surface area contributed by atoms with Crippen molar-refractivity contribution in [3.05, 3.63) is 29.3 Å². The van der Waals surface area contributed by atoms with Gasteiger partial charge in [0.25, 0.3) is 0 Å². The minimum atomic E-state index is -0.878. The van der Waals surface area contributed by atoms with Crippen LogP contribution in [-0.2, 0) is 16.0 Å². The van der Waals surface area contributed by atoms with Crippen molar-refractivity contribution < 1.29 is 19.4 Å². The number of ether oxygens (including phenoxy) is 1. The molecule has 1 aromatic rings. The predicted molar refractivity (Wildman–Crippen MR) is 69.9 cm³/mol. The number of hydrogen-bond acceptors (Lipinski definition) is 3. The van der Waals surface area contributed by atoms with Crippen LogP contribution in [0.2, 0.25) is 0 Å². The van der Waals surface area contributed by atoms with Crippen LogP contribution in [0.1, 0.15) is 25.0 Å². The Kier molecular flexibility index (Phi) is 7.19. The monoisotopic (exact) mass is 253 g/mol. The highest BCUT2D eigenvalue weighted by Gasteiger charge is 2.06. The molecule has 0 aliphatic heterocycles. The van der Waals surface area contributed by atoms with Crippen molar-refractivity contribution >= 4 is 17.7 Å². The third kappa shape index (κ3) is 5.34. The molecular formula is C13H19NO4. The molecular weight excluding hydrogens is 234 g/mol. The molecule has 0 aliphatic rings. The minimum Gasteiger partial charge on any atom is -0.481 e. The maximum absolute atomic E-state index is 10.9. The Bertz CT molecular complexity index is 415. The third-order valence-corrected chi connectivity index (χ3v) is 2.12. The Labute approximate surface area is 107 Å². The summed E-state index contributed by atoms with van der Waals surface area (Å²) < 4.78 is 4.44. The van der Waals surface area contributed by atoms with Crippen LogP contribution in [0.25, 0.3) is 0 Å². The van der Waals surface area contributed by atoms with Crippen LogP contribution in [0.4, 0.5) is 10.5 Å². The van der Waals surface area contributed by atoms with E-state index in [1.807, 2.05) is 13.8 Å². The van der Waals surface area contributed by atoms with E-state index in [-0.39, 0.29) is 6.42 Å². The van der Waals surface area contributed by atoms with Crippen molar-refractivity contribution in [2.45, 2.75) is 27.2 Å². The maximum atomic E-state index is 10.9. The summed E-state index contributed by atoms with van der Waals surface area (Å²) in [6.45, 7) is 5.79. The molecule has 0 spiro atoms. The van der Waals surface area contributed by atoms with E-state index in [1.54, 1.807) is 25.1 Å². The van der Waals surface area contributed by atoms with E-state index < -0.39 is 12.1 Å². The summed E-state index contributed by atoms with van der Waals surface area (Å²) in [5.74, 6) is -0.878. The van der Waals surface area contributed by atoms with Gasteiger partial charge in [0.1, 0.15) is 0 Å². The molecule has 0 saturated heterocycles. The smallest absolute Gasteiger partial charge is 0.411 e. The molecule has 0 bridgehead atoms. The second kappa shape index (κ2) is 8.11. The number of aryl methyl sites for hydroxylation is 1. The van der Waals surface area contributed by atoms with Gasteiger partial charge in [-0.15, -0.1) is 0 Å². The number of carbonyl (C=O) groups is 2. The first-order valence-electron chi connectivity index (χ1n) is 5.69. The van der Waals surface area contributed by atoms with Gasteiger partial charge >= 0.3 is 12.1 Å². The lowest BCUT2D eigenvalue weighted by molar-refractivity contribution is -0.136. The molecule has 1 amide bonds. The summed E-state index contributed by atoms with van der Waals surface area (Å²) in [5.41, 5.74) is 2.12. The highest BCUT2D eigenvalue weighted by Crippen LogP contribution is 2.15. The zero-order chi connectivity index (χ0) is 14.1. The van der Waals surface area contributed by atoms with Crippen LogP contribution in [0.15, 0.2) is 18.2 Å². The van der Waals surface area contributed by atoms with Gasteiger partial charge < -0.3 is 9.84 Å². The highest BCUT2D eigenvalue weighted by atomic mass is 16.5. The third-order valence-electron chi connectivity index (χ3n) is 2.12. The van der Waals surface area contributed by atoms with Crippen molar-refractivity contribution in [1.29, 1.82) is 0 Å². The van der Waals surface area contributed by atoms with Crippen LogP contribution in [-0.4, -0.2) is 24.3 Å². The summed E-state index contributed by atoms with van der Waals surface area (Å²) in [5, 5.41) is 11.2. The number of amides is 1. The fourth-order valence-electron chi connectivity index (χ4n) is 1.30. The molecule has 2 N–H and O–H groups in total. The molecule has 0 heterocycles. The lowest BCUT2D eigenvalue weighted by Gasteiger charge is -2.07. The highest BCUT2D eigenvalue weighted by molar-refractivity contribution is 5.84. The number of carboxylic acid groups (broad SMARTS) is 1. The zero-order valence-electron chi connectivity index (χ0n) is 11.1. The molecule has 0 fully saturated rings. The molecule has 5 heteroatoms. The van der Waals surface area contributed by atoms with Gasteiger partial charge in [0.2, 0.25) is 0 Å². The summed E-state index contributed by atoms with van der Waals surface area (Å²) in [4.78, 5) is 21.5. The summed E-state index contributed by atoms with van der Waals surface area (Å²) >= 11 is 0. The first-order valence-corrected chi connectivity index (χ1v) is 5.69. The van der Waals surface area contributed by atoms with Gasteiger partial charge in [-0.2, -0.15) is 0 Å². The lowest BCUT2D eigenvalue weighted by atomic mass is 10.1. The number of aliphatic carboxylic acids is 1. The molecule has 18 heavy (non-hydrogen) atoms. The molecule has 0 unspecified atom stereocenters. The standard InChI is InChI=1S/C11H13NO4.C2H6/c1-7-5-9(12-11(15)16-2)4-3-8(7)6-10(13)14;1-2/h3-5H,6H2,1-2H3,(H,12,15)(H,13,14);1-2H3. The summed E-state index contributed by atoms with van der Waals surface area (Å²) in [7, 11) is 1.28. The second-order valence-electron chi connectivity index (χ2n) is 3.33. The van der Waals surface area contributed by atoms with Gasteiger partial charge in [-0.25, -0.2) is 4.79 Å². The normalized spacial score (nSPS) is 8.89. The number of rotatable bonds is 3. The second-order valence-corrected chi connectivity index (χ2v) is 3.33. The first kappa shape index (κ1) is 16.0. The number of benzene rings is 1. The van der Waals surface area contributed by atoms with Crippen molar-refractivity contribution in [3.63, 3.8) is 0 Å². The molecule has 1 rings (SSSR count). The van der Waals surface area contributed by atoms with E-state index in [0.717, 1.165) is 11.1 Å². The van der Waals surface area contributed by atoms with Gasteiger partial charge in [0.05, 0.1) is 13.5 Å². The molecule has 0 atom stereocenters. The molecule has 0 aliphatic carbocycles. The molecule has 0 saturated carbocycles. The Hall–Kier alpha value is -2.04. The fraction of sp³-hybridized carbons (Fsp3) is 0.385. The van der Waals surface area contributed by atoms with E-state index in [1.165, 1.54) is 7.11 Å². The lowest BCUT2D eigenvalue weighted by Crippen LogP contribution is -2.11. The summed E-state index contributed by atoms with van der Waals surface area (Å²) in [6.07, 6.45) is -0.574. The average molecular weight is 253 g/mol. The predicted octanol–water partition coefficient (Wildman–Crippen LogP) is 2.83. The van der Waals surface area contributed by atoms with E-state index in [0.29, 0.717) is 5.69 Å². The zero-order valence-corrected chi connectivity index (χ0v) is 11.1. The summed E-state index contributed by atoms with van der Waals surface area (Å²) in [6, 6.07) is 5.02. The van der Waals surface area contributed by atoms with Crippen molar-refractivity contribution in [3.8, 4) is 0 Å². The van der Waals surface area contributed by atoms with Crippen molar-refractivity contribution in [2.24, 2.45) is 0 Å². The van der Waals surface area contributed by atoms with Gasteiger partial charge in [0, 0.05) is 5.69 Å². The first-order chi connectivity index (χ1) is 8.52.